The van der Waals surface area contributed by atoms with E-state index in [9.17, 15) is 0 Å². The van der Waals surface area contributed by atoms with Gasteiger partial charge in [-0.05, 0) is 23.5 Å². The molecule has 0 saturated carbocycles. The Morgan fingerprint density at radius 1 is 1.16 bits per heavy atom. The maximum absolute atomic E-state index is 5.88. The van der Waals surface area contributed by atoms with Gasteiger partial charge >= 0.3 is 0 Å². The van der Waals surface area contributed by atoms with Gasteiger partial charge in [0.2, 0.25) is 0 Å². The molecule has 0 unspecified atom stereocenters. The van der Waals surface area contributed by atoms with Gasteiger partial charge in [0.25, 0.3) is 15.4 Å². The second-order valence-corrected chi connectivity index (χ2v) is 5.60. The number of furan rings is 1. The molecule has 0 aromatic carbocycles. The number of hydrogen-bond acceptors (Lipinski definition) is 4. The first kappa shape index (κ1) is 9.63. The van der Waals surface area contributed by atoms with E-state index in [2.05, 4.69) is 20.6 Å². The van der Waals surface area contributed by atoms with E-state index < -0.39 is 0 Å². The lowest BCUT2D eigenvalue weighted by molar-refractivity contribution is -0.641. The van der Waals surface area contributed by atoms with Crippen LogP contribution < -0.4 is 4.57 Å². The Kier molecular flexibility index (Phi) is 1.62. The highest BCUT2D eigenvalue weighted by molar-refractivity contribution is 7.20. The van der Waals surface area contributed by atoms with Gasteiger partial charge in [-0.25, -0.2) is 0 Å². The van der Waals surface area contributed by atoms with Crippen LogP contribution in [0.25, 0.3) is 32.0 Å². The van der Waals surface area contributed by atoms with Crippen LogP contribution in [0.5, 0.6) is 0 Å². The monoisotopic (exact) mass is 266 g/mol. The molecule has 1 aliphatic rings. The predicted octanol–water partition coefficient (Wildman–Crippen LogP) is 2.75. The molecule has 5 heteroatoms. The molecular weight excluding hydrogens is 258 g/mol. The Morgan fingerprint density at radius 2 is 2.05 bits per heavy atom. The average Bonchev–Trinajstić information content (AvgIpc) is 3.05. The highest BCUT2D eigenvalue weighted by atomic mass is 32.1. The summed E-state index contributed by atoms with van der Waals surface area (Å²) in [5, 5.41) is 2.39. The van der Waals surface area contributed by atoms with E-state index in [-0.39, 0.29) is 0 Å². The van der Waals surface area contributed by atoms with Gasteiger partial charge in [0.15, 0.2) is 12.1 Å². The minimum absolute atomic E-state index is 0.855. The molecule has 4 nitrogen and oxygen atoms in total. The van der Waals surface area contributed by atoms with Crippen molar-refractivity contribution >= 4 is 32.7 Å². The molecule has 4 aromatic heterocycles. The summed E-state index contributed by atoms with van der Waals surface area (Å²) >= 11 is 1.70. The van der Waals surface area contributed by atoms with Crippen LogP contribution in [0.3, 0.4) is 0 Å². The first-order valence-electron chi connectivity index (χ1n) is 6.04. The van der Waals surface area contributed by atoms with Gasteiger partial charge in [-0.2, -0.15) is 4.57 Å². The van der Waals surface area contributed by atoms with E-state index in [1.165, 1.54) is 21.7 Å². The molecule has 0 bridgehead atoms. The first-order chi connectivity index (χ1) is 9.42. The van der Waals surface area contributed by atoms with E-state index in [1.807, 2.05) is 24.7 Å². The third-order valence-electron chi connectivity index (χ3n) is 3.60. The summed E-state index contributed by atoms with van der Waals surface area (Å²) in [6.45, 7) is 0.870. The van der Waals surface area contributed by atoms with Gasteiger partial charge < -0.3 is 4.42 Å². The summed E-state index contributed by atoms with van der Waals surface area (Å²) < 4.78 is 8.20. The van der Waals surface area contributed by atoms with Crippen LogP contribution in [-0.4, -0.2) is 9.97 Å². The van der Waals surface area contributed by atoms with E-state index in [0.29, 0.717) is 0 Å². The Labute approximate surface area is 112 Å². The maximum atomic E-state index is 5.88. The number of fused-ring (bicyclic) bond motifs is 7. The average molecular weight is 266 g/mol. The maximum Gasteiger partial charge on any atom is 0.273 e. The van der Waals surface area contributed by atoms with E-state index >= 15 is 0 Å². The highest BCUT2D eigenvalue weighted by Gasteiger charge is 2.34. The molecule has 5 heterocycles. The summed E-state index contributed by atoms with van der Waals surface area (Å²) in [7, 11) is 0. The van der Waals surface area contributed by atoms with Crippen molar-refractivity contribution in [1.29, 1.82) is 0 Å². The molecule has 0 fully saturated rings. The van der Waals surface area contributed by atoms with Crippen LogP contribution in [0.2, 0.25) is 0 Å². The van der Waals surface area contributed by atoms with Gasteiger partial charge in [0, 0.05) is 24.2 Å². The second-order valence-electron chi connectivity index (χ2n) is 4.64. The number of rotatable bonds is 0. The fourth-order valence-electron chi connectivity index (χ4n) is 2.77. The van der Waals surface area contributed by atoms with Gasteiger partial charge in [-0.1, -0.05) is 0 Å². The molecule has 4 aromatic rings. The van der Waals surface area contributed by atoms with Crippen molar-refractivity contribution in [1.82, 2.24) is 9.97 Å². The van der Waals surface area contributed by atoms with Gasteiger partial charge in [-0.15, -0.1) is 0 Å². The zero-order chi connectivity index (χ0) is 12.4. The molecule has 19 heavy (non-hydrogen) atoms. The Balaban J connectivity index is 1.94. The van der Waals surface area contributed by atoms with Gasteiger partial charge in [0.05, 0.1) is 17.1 Å². The number of thiazole rings is 1. The zero-order valence-electron chi connectivity index (χ0n) is 9.83. The largest absolute Gasteiger partial charge is 0.437 e. The Morgan fingerprint density at radius 3 is 3.05 bits per heavy atom. The number of pyridine rings is 2. The van der Waals surface area contributed by atoms with Crippen LogP contribution in [0, 0.1) is 0 Å². The third-order valence-corrected chi connectivity index (χ3v) is 4.70. The molecule has 0 aliphatic carbocycles. The number of nitrogens with zero attached hydrogens (tertiary/aromatic N) is 3. The van der Waals surface area contributed by atoms with Crippen LogP contribution in [0.15, 0.2) is 41.3 Å². The smallest absolute Gasteiger partial charge is 0.273 e. The lowest BCUT2D eigenvalue weighted by atomic mass is 10.2. The van der Waals surface area contributed by atoms with Gasteiger partial charge in [0.1, 0.15) is 0 Å². The summed E-state index contributed by atoms with van der Waals surface area (Å²) in [5.41, 5.74) is 4.58. The summed E-state index contributed by atoms with van der Waals surface area (Å²) in [6, 6.07) is 4.09. The number of hydrogen-bond donors (Lipinski definition) is 0. The Bertz CT molecular complexity index is 954. The fraction of sp³-hybridized carbons (Fsp3) is 0.0714. The molecule has 0 radical (unpaired) electrons. The minimum atomic E-state index is 0.855. The molecule has 1 aliphatic heterocycles. The molecule has 5 rings (SSSR count). The van der Waals surface area contributed by atoms with Gasteiger partial charge in [-0.3, -0.25) is 9.97 Å². The van der Waals surface area contributed by atoms with E-state index in [1.54, 1.807) is 17.5 Å². The lowest BCUT2D eigenvalue weighted by Crippen LogP contribution is -2.30. The first-order valence-corrected chi connectivity index (χ1v) is 6.85. The summed E-state index contributed by atoms with van der Waals surface area (Å²) in [4.78, 5) is 9.29. The van der Waals surface area contributed by atoms with Crippen molar-refractivity contribution in [2.75, 3.05) is 0 Å². The molecule has 0 amide bonds. The molecule has 0 N–H and O–H groups in total. The van der Waals surface area contributed by atoms with Crippen LogP contribution in [0.1, 0.15) is 5.56 Å². The van der Waals surface area contributed by atoms with Crippen molar-refractivity contribution in [2.24, 2.45) is 0 Å². The molecular formula is C14H8N3OS+. The van der Waals surface area contributed by atoms with Crippen molar-refractivity contribution in [3.63, 3.8) is 0 Å². The Hall–Kier alpha value is -2.27. The van der Waals surface area contributed by atoms with E-state index in [0.717, 1.165) is 22.4 Å². The van der Waals surface area contributed by atoms with Crippen LogP contribution in [-0.2, 0) is 6.54 Å². The number of aromatic nitrogens is 3. The summed E-state index contributed by atoms with van der Waals surface area (Å²) in [6.07, 6.45) is 7.38. The standard InChI is InChI=1S/C14H8N3OS/c1-3-15-5-8-7-17-12-10-2-4-16-6-11(10)18-14(12)19-13(17)9(1)8/h1-6H,7H2/q+1. The fourth-order valence-corrected chi connectivity index (χ4v) is 3.97. The quantitative estimate of drug-likeness (QED) is 0.405. The van der Waals surface area contributed by atoms with Crippen molar-refractivity contribution in [3.05, 3.63) is 42.5 Å². The minimum Gasteiger partial charge on any atom is -0.437 e. The van der Waals surface area contributed by atoms with Crippen LogP contribution in [0.4, 0.5) is 0 Å². The zero-order valence-corrected chi connectivity index (χ0v) is 10.6. The molecule has 0 atom stereocenters. The van der Waals surface area contributed by atoms with Crippen molar-refractivity contribution in [2.45, 2.75) is 6.54 Å². The van der Waals surface area contributed by atoms with E-state index in [4.69, 9.17) is 4.42 Å². The van der Waals surface area contributed by atoms with Crippen molar-refractivity contribution in [3.8, 4) is 10.6 Å². The predicted molar refractivity (Wildman–Crippen MR) is 71.9 cm³/mol. The summed E-state index contributed by atoms with van der Waals surface area (Å²) in [5.74, 6) is 0. The van der Waals surface area contributed by atoms with Crippen LogP contribution >= 0.6 is 11.3 Å². The van der Waals surface area contributed by atoms with Crippen molar-refractivity contribution < 1.29 is 8.98 Å². The molecule has 0 spiro atoms. The highest BCUT2D eigenvalue weighted by Crippen LogP contribution is 2.38. The normalized spacial score (nSPS) is 13.1. The lowest BCUT2D eigenvalue weighted by Gasteiger charge is -1.88. The molecule has 90 valence electrons. The topological polar surface area (TPSA) is 42.8 Å². The molecule has 0 saturated heterocycles. The third kappa shape index (κ3) is 1.11. The SMILES string of the molecule is c1cc2c(cn1)C[n+]1c-2sc2oc3cnccc3c21. The second kappa shape index (κ2) is 3.19.